The van der Waals surface area contributed by atoms with E-state index in [9.17, 15) is 14.4 Å². The van der Waals surface area contributed by atoms with E-state index in [0.29, 0.717) is 73.6 Å². The van der Waals surface area contributed by atoms with Gasteiger partial charge in [0.15, 0.2) is 34.5 Å². The molecule has 0 radical (unpaired) electrons. The molecule has 0 atom stereocenters. The van der Waals surface area contributed by atoms with Gasteiger partial charge in [0.1, 0.15) is 0 Å². The van der Waals surface area contributed by atoms with E-state index in [1.54, 1.807) is 0 Å². The Morgan fingerprint density at radius 2 is 0.407 bits per heavy atom. The molecule has 0 fully saturated rings. The molecule has 0 amide bonds. The van der Waals surface area contributed by atoms with Crippen LogP contribution in [0.4, 0.5) is 0 Å². The molecule has 0 aliphatic carbocycles. The molecule has 9 nitrogen and oxygen atoms in total. The quantitative estimate of drug-likeness (QED) is 0.0185. The standard InChI is InChI=1S/C72H114O9/c1-7-13-19-25-31-37-43-49-76-64-52-58-61(55-67(64)79-70(73)46-40-34-28-22-16-10-4)59-53-65(77-50-44-38-32-26-20-14-8-2)69(81-72(75)48-42-36-30-24-18-12-6)57-63(59)60-54-66(78-51-45-39-33-27-21-15-9-3)68(56-62(58)60)80-71(74)47-41-35-29-23-17-11-5/h52-57H,7-51H2,1-6H3. The Morgan fingerprint density at radius 1 is 0.235 bits per heavy atom. The number of esters is 3. The predicted molar refractivity (Wildman–Crippen MR) is 340 cm³/mol. The smallest absolute Gasteiger partial charge is 0.311 e. The lowest BCUT2D eigenvalue weighted by Gasteiger charge is -2.20. The summed E-state index contributed by atoms with van der Waals surface area (Å²) in [5, 5.41) is 4.99. The van der Waals surface area contributed by atoms with Crippen LogP contribution in [0.1, 0.15) is 311 Å². The van der Waals surface area contributed by atoms with E-state index in [1.165, 1.54) is 135 Å². The Labute approximate surface area is 492 Å². The number of ether oxygens (including phenoxy) is 6. The van der Waals surface area contributed by atoms with E-state index in [-0.39, 0.29) is 17.9 Å². The van der Waals surface area contributed by atoms with Gasteiger partial charge in [0.2, 0.25) is 0 Å². The summed E-state index contributed by atoms with van der Waals surface area (Å²) >= 11 is 0. The average molecular weight is 1120 g/mol. The first kappa shape index (κ1) is 69.0. The first-order valence-electron chi connectivity index (χ1n) is 33.8. The number of carbonyl (C=O) groups is 3. The van der Waals surface area contributed by atoms with E-state index in [4.69, 9.17) is 28.4 Å². The number of benzene rings is 4. The molecule has 4 aromatic carbocycles. The highest BCUT2D eigenvalue weighted by Crippen LogP contribution is 2.47. The maximum atomic E-state index is 13.9. The zero-order valence-corrected chi connectivity index (χ0v) is 52.5. The highest BCUT2D eigenvalue weighted by Gasteiger charge is 2.23. The average Bonchev–Trinajstić information content (AvgIpc) is 3.33. The Bertz CT molecular complexity index is 2050. The molecule has 4 aromatic rings. The van der Waals surface area contributed by atoms with Crippen LogP contribution in [0.2, 0.25) is 0 Å². The normalized spacial score (nSPS) is 11.5. The molecular formula is C72H114O9. The van der Waals surface area contributed by atoms with Crippen molar-refractivity contribution < 1.29 is 42.8 Å². The highest BCUT2D eigenvalue weighted by molar-refractivity contribution is 6.27. The third-order valence-corrected chi connectivity index (χ3v) is 16.0. The maximum absolute atomic E-state index is 13.9. The third-order valence-electron chi connectivity index (χ3n) is 16.0. The van der Waals surface area contributed by atoms with Crippen LogP contribution in [0.25, 0.3) is 32.3 Å². The van der Waals surface area contributed by atoms with Crippen LogP contribution >= 0.6 is 0 Å². The van der Waals surface area contributed by atoms with E-state index >= 15 is 0 Å². The summed E-state index contributed by atoms with van der Waals surface area (Å²) in [7, 11) is 0. The lowest BCUT2D eigenvalue weighted by atomic mass is 9.93. The third kappa shape index (κ3) is 27.6. The number of carbonyl (C=O) groups excluding carboxylic acids is 3. The monoisotopic (exact) mass is 1120 g/mol. The van der Waals surface area contributed by atoms with E-state index < -0.39 is 0 Å². The second-order valence-electron chi connectivity index (χ2n) is 23.4. The summed E-state index contributed by atoms with van der Waals surface area (Å²) in [6.07, 6.45) is 44.2. The zero-order valence-electron chi connectivity index (χ0n) is 52.5. The summed E-state index contributed by atoms with van der Waals surface area (Å²) in [4.78, 5) is 41.6. The van der Waals surface area contributed by atoms with Gasteiger partial charge in [-0.05, 0) is 107 Å². The SMILES string of the molecule is CCCCCCCCCOc1cc2c(cc1OC(=O)CCCCCCCC)c1cc(OCCCCCCCCC)c(OC(=O)CCCCCCCC)cc1c1cc(OCCCCCCCCC)c(OC(=O)CCCCCCCC)cc21. The van der Waals surface area contributed by atoms with Crippen molar-refractivity contribution in [1.29, 1.82) is 0 Å². The predicted octanol–water partition coefficient (Wildman–Crippen LogP) is 22.5. The molecule has 0 aliphatic rings. The molecule has 0 aliphatic heterocycles. The molecule has 0 N–H and O–H groups in total. The molecule has 0 saturated carbocycles. The van der Waals surface area contributed by atoms with Crippen LogP contribution in [-0.4, -0.2) is 37.7 Å². The molecule has 0 aromatic heterocycles. The Kier molecular flexibility index (Phi) is 37.5. The van der Waals surface area contributed by atoms with Crippen molar-refractivity contribution in [3.63, 3.8) is 0 Å². The number of unbranched alkanes of at least 4 members (excludes halogenated alkanes) is 33. The Balaban J connectivity index is 1.93. The van der Waals surface area contributed by atoms with Gasteiger partial charge in [0, 0.05) is 19.3 Å². The number of hydrogen-bond donors (Lipinski definition) is 0. The molecule has 0 saturated heterocycles. The fourth-order valence-electron chi connectivity index (χ4n) is 11.0. The van der Waals surface area contributed by atoms with Crippen molar-refractivity contribution in [2.75, 3.05) is 19.8 Å². The molecule has 81 heavy (non-hydrogen) atoms. The molecule has 4 rings (SSSR count). The van der Waals surface area contributed by atoms with Crippen LogP contribution in [0, 0.1) is 0 Å². The van der Waals surface area contributed by atoms with Gasteiger partial charge < -0.3 is 28.4 Å². The highest BCUT2D eigenvalue weighted by atomic mass is 16.6. The molecule has 9 heteroatoms. The number of hydrogen-bond acceptors (Lipinski definition) is 9. The van der Waals surface area contributed by atoms with Crippen molar-refractivity contribution in [3.05, 3.63) is 36.4 Å². The van der Waals surface area contributed by atoms with Crippen molar-refractivity contribution in [2.45, 2.75) is 311 Å². The summed E-state index contributed by atoms with van der Waals surface area (Å²) in [6.45, 7) is 14.8. The van der Waals surface area contributed by atoms with Gasteiger partial charge in [-0.2, -0.15) is 0 Å². The molecular weight excluding hydrogens is 1010 g/mol. The fraction of sp³-hybridized carbons (Fsp3) is 0.708. The Morgan fingerprint density at radius 3 is 0.617 bits per heavy atom. The Hall–Kier alpha value is -4.53. The topological polar surface area (TPSA) is 107 Å². The van der Waals surface area contributed by atoms with Gasteiger partial charge in [-0.25, -0.2) is 0 Å². The van der Waals surface area contributed by atoms with E-state index in [2.05, 4.69) is 41.5 Å². The number of rotatable bonds is 51. The first-order chi connectivity index (χ1) is 39.8. The summed E-state index contributed by atoms with van der Waals surface area (Å²) in [5.74, 6) is 1.79. The van der Waals surface area contributed by atoms with Crippen LogP contribution in [0.5, 0.6) is 34.5 Å². The van der Waals surface area contributed by atoms with Gasteiger partial charge in [-0.15, -0.1) is 0 Å². The second-order valence-corrected chi connectivity index (χ2v) is 23.4. The van der Waals surface area contributed by atoms with Crippen molar-refractivity contribution in [2.24, 2.45) is 0 Å². The second kappa shape index (κ2) is 44.1. The van der Waals surface area contributed by atoms with Crippen LogP contribution in [-0.2, 0) is 14.4 Å². The van der Waals surface area contributed by atoms with Gasteiger partial charge in [0.05, 0.1) is 19.8 Å². The largest absolute Gasteiger partial charge is 0.490 e. The van der Waals surface area contributed by atoms with E-state index in [1.807, 2.05) is 36.4 Å². The van der Waals surface area contributed by atoms with Gasteiger partial charge >= 0.3 is 17.9 Å². The molecule has 456 valence electrons. The van der Waals surface area contributed by atoms with Crippen molar-refractivity contribution >= 4 is 50.2 Å². The van der Waals surface area contributed by atoms with Gasteiger partial charge in [0.25, 0.3) is 0 Å². The van der Waals surface area contributed by atoms with Crippen LogP contribution < -0.4 is 28.4 Å². The van der Waals surface area contributed by atoms with Crippen LogP contribution in [0.15, 0.2) is 36.4 Å². The summed E-state index contributed by atoms with van der Waals surface area (Å²) in [6, 6.07) is 11.9. The first-order valence-corrected chi connectivity index (χ1v) is 33.8. The molecule has 0 bridgehead atoms. The molecule has 0 unspecified atom stereocenters. The summed E-state index contributed by atoms with van der Waals surface area (Å²) in [5.41, 5.74) is 0. The lowest BCUT2D eigenvalue weighted by molar-refractivity contribution is -0.135. The minimum Gasteiger partial charge on any atom is -0.490 e. The zero-order chi connectivity index (χ0) is 58.0. The lowest BCUT2D eigenvalue weighted by Crippen LogP contribution is -2.10. The van der Waals surface area contributed by atoms with Crippen molar-refractivity contribution in [1.82, 2.24) is 0 Å². The minimum atomic E-state index is -0.281. The van der Waals surface area contributed by atoms with E-state index in [0.717, 1.165) is 148 Å². The summed E-state index contributed by atoms with van der Waals surface area (Å²) < 4.78 is 39.2. The molecule has 0 spiro atoms. The van der Waals surface area contributed by atoms with Crippen LogP contribution in [0.3, 0.4) is 0 Å². The fourth-order valence-corrected chi connectivity index (χ4v) is 11.0. The van der Waals surface area contributed by atoms with Gasteiger partial charge in [-0.3, -0.25) is 14.4 Å². The number of fused-ring (bicyclic) bond motifs is 6. The molecule has 0 heterocycles. The van der Waals surface area contributed by atoms with Crippen molar-refractivity contribution in [3.8, 4) is 34.5 Å². The minimum absolute atomic E-state index is 0.281. The maximum Gasteiger partial charge on any atom is 0.311 e. The van der Waals surface area contributed by atoms with Gasteiger partial charge in [-0.1, -0.05) is 253 Å².